The molecule has 1 N–H and O–H groups in total. The van der Waals surface area contributed by atoms with Gasteiger partial charge in [0.05, 0.1) is 0 Å². The highest BCUT2D eigenvalue weighted by molar-refractivity contribution is 5.72. The van der Waals surface area contributed by atoms with Gasteiger partial charge in [0.2, 0.25) is 0 Å². The minimum absolute atomic E-state index is 0.119. The van der Waals surface area contributed by atoms with Gasteiger partial charge in [-0.25, -0.2) is 4.79 Å². The number of pyridine rings is 1. The van der Waals surface area contributed by atoms with Gasteiger partial charge in [0, 0.05) is 24.0 Å². The van der Waals surface area contributed by atoms with Gasteiger partial charge in [-0.15, -0.1) is 0 Å². The summed E-state index contributed by atoms with van der Waals surface area (Å²) in [6.45, 7) is 12.1. The van der Waals surface area contributed by atoms with Crippen LogP contribution in [0.5, 0.6) is 0 Å². The molecule has 134 valence electrons. The van der Waals surface area contributed by atoms with Crippen molar-refractivity contribution in [3.05, 3.63) is 51.3 Å². The second kappa shape index (κ2) is 7.55. The third-order valence-electron chi connectivity index (χ3n) is 3.90. The van der Waals surface area contributed by atoms with E-state index in [4.69, 9.17) is 4.74 Å². The molecule has 2 heterocycles. The van der Waals surface area contributed by atoms with Crippen LogP contribution in [0.3, 0.4) is 0 Å². The second-order valence-corrected chi connectivity index (χ2v) is 6.98. The Kier molecular flexibility index (Phi) is 5.67. The molecule has 1 amide bonds. The van der Waals surface area contributed by atoms with Crippen molar-refractivity contribution in [2.24, 2.45) is 0 Å². The highest BCUT2D eigenvalue weighted by atomic mass is 16.6. The highest BCUT2D eigenvalue weighted by Crippen LogP contribution is 2.20. The molecular weight excluding hydrogens is 316 g/mol. The molecule has 0 fully saturated rings. The zero-order chi connectivity index (χ0) is 18.6. The molecule has 1 aromatic rings. The molecule has 0 atom stereocenters. The van der Waals surface area contributed by atoms with Crippen LogP contribution in [-0.4, -0.2) is 34.7 Å². The van der Waals surface area contributed by atoms with E-state index in [2.05, 4.69) is 11.6 Å². The molecule has 0 aliphatic carbocycles. The molecule has 0 saturated carbocycles. The number of ether oxygens (including phenoxy) is 1. The molecule has 0 saturated heterocycles. The van der Waals surface area contributed by atoms with E-state index in [1.807, 2.05) is 52.0 Å². The van der Waals surface area contributed by atoms with Crippen molar-refractivity contribution in [3.8, 4) is 0 Å². The van der Waals surface area contributed by atoms with E-state index in [-0.39, 0.29) is 11.7 Å². The molecule has 1 aliphatic rings. The minimum Gasteiger partial charge on any atom is -0.444 e. The molecule has 0 unspecified atom stereocenters. The first-order chi connectivity index (χ1) is 11.7. The van der Waals surface area contributed by atoms with E-state index in [0.29, 0.717) is 25.1 Å². The number of carbonyl (C=O) groups is 1. The van der Waals surface area contributed by atoms with Crippen LogP contribution in [-0.2, 0) is 4.74 Å². The van der Waals surface area contributed by atoms with E-state index in [0.717, 1.165) is 16.1 Å². The van der Waals surface area contributed by atoms with Crippen molar-refractivity contribution in [2.45, 2.75) is 39.7 Å². The maximum absolute atomic E-state index is 12.4. The number of amides is 1. The Bertz CT molecular complexity index is 870. The summed E-state index contributed by atoms with van der Waals surface area (Å²) in [7, 11) is 0. The zero-order valence-electron chi connectivity index (χ0n) is 15.4. The molecule has 2 rings (SSSR count). The molecule has 0 bridgehead atoms. The smallest absolute Gasteiger partial charge is 0.410 e. The largest absolute Gasteiger partial charge is 0.444 e. The topological polar surface area (TPSA) is 62.4 Å². The summed E-state index contributed by atoms with van der Waals surface area (Å²) in [5, 5.41) is 1.70. The van der Waals surface area contributed by atoms with Crippen molar-refractivity contribution in [2.75, 3.05) is 13.1 Å². The van der Waals surface area contributed by atoms with Gasteiger partial charge in [-0.05, 0) is 51.0 Å². The molecule has 0 aromatic carbocycles. The van der Waals surface area contributed by atoms with Gasteiger partial charge in [0.1, 0.15) is 5.60 Å². The number of rotatable bonds is 2. The number of nitrogens with zero attached hydrogens (tertiary/aromatic N) is 1. The van der Waals surface area contributed by atoms with Crippen LogP contribution in [0.25, 0.3) is 17.7 Å². The van der Waals surface area contributed by atoms with Crippen LogP contribution in [0.2, 0.25) is 0 Å². The van der Waals surface area contributed by atoms with E-state index < -0.39 is 5.60 Å². The molecule has 0 spiro atoms. The normalized spacial score (nSPS) is 16.6. The number of H-pyrrole nitrogens is 1. The summed E-state index contributed by atoms with van der Waals surface area (Å²) in [5.41, 5.74) is 0.955. The van der Waals surface area contributed by atoms with Crippen LogP contribution < -0.4 is 16.1 Å². The average Bonchev–Trinajstić information content (AvgIpc) is 2.55. The number of carbonyl (C=O) groups excluding carboxylic acids is 1. The van der Waals surface area contributed by atoms with Gasteiger partial charge in [-0.2, -0.15) is 0 Å². The summed E-state index contributed by atoms with van der Waals surface area (Å²) in [6.07, 6.45) is 7.64. The Hall–Kier alpha value is -2.56. The summed E-state index contributed by atoms with van der Waals surface area (Å²) >= 11 is 0. The fraction of sp³-hybridized carbons (Fsp3) is 0.400. The number of aromatic amines is 1. The first-order valence-electron chi connectivity index (χ1n) is 8.45. The van der Waals surface area contributed by atoms with Crippen molar-refractivity contribution in [1.82, 2.24) is 9.88 Å². The van der Waals surface area contributed by atoms with E-state index in [1.54, 1.807) is 11.0 Å². The van der Waals surface area contributed by atoms with Gasteiger partial charge < -0.3 is 14.6 Å². The predicted octanol–water partition coefficient (Wildman–Crippen LogP) is 2.17. The monoisotopic (exact) mass is 342 g/mol. The number of hydrogen-bond acceptors (Lipinski definition) is 3. The first-order valence-corrected chi connectivity index (χ1v) is 8.45. The molecule has 1 aromatic heterocycles. The van der Waals surface area contributed by atoms with Gasteiger partial charge in [0.15, 0.2) is 0 Å². The highest BCUT2D eigenvalue weighted by Gasteiger charge is 2.24. The average molecular weight is 342 g/mol. The van der Waals surface area contributed by atoms with E-state index in [9.17, 15) is 9.59 Å². The number of nitrogens with one attached hydrogen (secondary N) is 1. The lowest BCUT2D eigenvalue weighted by atomic mass is 10.00. The number of hydrogen-bond donors (Lipinski definition) is 1. The number of allylic oxidation sites excluding steroid dienone is 1. The van der Waals surface area contributed by atoms with E-state index >= 15 is 0 Å². The van der Waals surface area contributed by atoms with Crippen LogP contribution in [0.4, 0.5) is 4.79 Å². The van der Waals surface area contributed by atoms with Crippen molar-refractivity contribution in [1.29, 1.82) is 0 Å². The third kappa shape index (κ3) is 4.72. The molecular formula is C20H26N2O3. The van der Waals surface area contributed by atoms with Crippen molar-refractivity contribution in [3.63, 3.8) is 0 Å². The van der Waals surface area contributed by atoms with Crippen LogP contribution in [0.1, 0.15) is 39.7 Å². The van der Waals surface area contributed by atoms with Gasteiger partial charge >= 0.3 is 6.09 Å². The molecule has 5 heteroatoms. The number of aromatic nitrogens is 1. The Balaban J connectivity index is 2.29. The van der Waals surface area contributed by atoms with Gasteiger partial charge in [0.25, 0.3) is 5.56 Å². The molecule has 0 radical (unpaired) electrons. The lowest BCUT2D eigenvalue weighted by molar-refractivity contribution is 0.0270. The van der Waals surface area contributed by atoms with Crippen molar-refractivity contribution >= 4 is 23.8 Å². The fourth-order valence-corrected chi connectivity index (χ4v) is 2.71. The Morgan fingerprint density at radius 3 is 2.64 bits per heavy atom. The SMILES string of the molecule is C=C/C=c1/cc(C2=CCN(C(=O)OC(C)(C)C)CC2)c(=O)[nH]/c1=C/C. The molecule has 5 nitrogen and oxygen atoms in total. The second-order valence-electron chi connectivity index (χ2n) is 6.98. The third-order valence-corrected chi connectivity index (χ3v) is 3.90. The predicted molar refractivity (Wildman–Crippen MR) is 102 cm³/mol. The maximum Gasteiger partial charge on any atom is 0.410 e. The van der Waals surface area contributed by atoms with Gasteiger partial charge in [-0.1, -0.05) is 30.9 Å². The van der Waals surface area contributed by atoms with Crippen molar-refractivity contribution < 1.29 is 9.53 Å². The lowest BCUT2D eigenvalue weighted by Crippen LogP contribution is -2.40. The molecule has 1 aliphatic heterocycles. The maximum atomic E-state index is 12.4. The standard InChI is InChI=1S/C20H26N2O3/c1-6-8-15-13-16(18(23)21-17(15)7-2)14-9-11-22(12-10-14)19(24)25-20(3,4)5/h6-9,13H,1,10-12H2,2-5H3,(H,21,23)/b15-8-,17-7+. The fourth-order valence-electron chi connectivity index (χ4n) is 2.71. The van der Waals surface area contributed by atoms with E-state index in [1.165, 1.54) is 0 Å². The van der Waals surface area contributed by atoms with Gasteiger partial charge in [-0.3, -0.25) is 4.79 Å². The van der Waals surface area contributed by atoms with Crippen LogP contribution in [0, 0.1) is 0 Å². The summed E-state index contributed by atoms with van der Waals surface area (Å²) < 4.78 is 5.39. The van der Waals surface area contributed by atoms with Crippen LogP contribution in [0.15, 0.2) is 29.6 Å². The lowest BCUT2D eigenvalue weighted by Gasteiger charge is -2.29. The Labute approximate surface area is 148 Å². The quantitative estimate of drug-likeness (QED) is 0.896. The van der Waals surface area contributed by atoms with Crippen LogP contribution >= 0.6 is 0 Å². The Morgan fingerprint density at radius 2 is 2.12 bits per heavy atom. The summed E-state index contributed by atoms with van der Waals surface area (Å²) in [6, 6.07) is 1.88. The summed E-state index contributed by atoms with van der Waals surface area (Å²) in [4.78, 5) is 29.1. The minimum atomic E-state index is -0.514. The zero-order valence-corrected chi connectivity index (χ0v) is 15.4. The summed E-state index contributed by atoms with van der Waals surface area (Å²) in [5.74, 6) is 0. The Morgan fingerprint density at radius 1 is 1.40 bits per heavy atom. The molecule has 25 heavy (non-hydrogen) atoms. The first kappa shape index (κ1) is 18.8.